The summed E-state index contributed by atoms with van der Waals surface area (Å²) in [6.07, 6.45) is -24.7. The molecule has 1 amide bonds. The molecule has 6 fully saturated rings. The van der Waals surface area contributed by atoms with Crippen molar-refractivity contribution in [1.29, 1.82) is 0 Å². The maximum Gasteiger partial charge on any atom is 0.472 e. The number of methoxy groups -OCH3 is 5. The zero-order valence-electron chi connectivity index (χ0n) is 79.4. The summed E-state index contributed by atoms with van der Waals surface area (Å²) in [5, 5.41) is 14.5. The van der Waals surface area contributed by atoms with Crippen LogP contribution < -0.4 is 45.2 Å². The Morgan fingerprint density at radius 3 is 1.34 bits per heavy atom. The van der Waals surface area contributed by atoms with Crippen molar-refractivity contribution in [3.63, 3.8) is 0 Å². The minimum atomic E-state index is -5.83. The van der Waals surface area contributed by atoms with E-state index in [1.165, 1.54) is 108 Å². The SMILES string of the molecule is C=C1NC(=O)C(C)=CN1[C@@H]1O[C@H](COP(O)(=S)OC2[C@@H](COP(=O)(O)OC3[C@@H](COP(O)(=S)OC4[C@@H](COP(=O)(O)OC5[C@@H](CCP(O)(=S)OC6C[C@H](n7cnc8c(N)ncnc87)O[C@@H]6C)O[C@@H](n6cc(C)c(N)nc6=O)[C@H]5OCCOC)O[C@@H](n5cnc6c(N)ncnc65)[C@H]4OCCOC)O[C@@H](n4cnc5c(=O)[nH]c(C)nc54)[C@H]3OCCOC)O[C@@H](n3cc(C)c(N)nc3=O)[C@H]2OCCOC)C(O)[C@@H]1OCCOC. The molecule has 145 heavy (non-hydrogen) atoms. The van der Waals surface area contributed by atoms with E-state index in [1.807, 2.05) is 0 Å². The second kappa shape index (κ2) is 47.9. The number of aliphatic hydroxyl groups is 1. The molecule has 11 unspecified atom stereocenters. The second-order valence-corrected chi connectivity index (χ2v) is 45.9. The van der Waals surface area contributed by atoms with Gasteiger partial charge in [0.2, 0.25) is 0 Å². The molecule has 67 heteroatoms. The van der Waals surface area contributed by atoms with Crippen LogP contribution in [0.15, 0.2) is 82.6 Å². The van der Waals surface area contributed by atoms with Gasteiger partial charge in [-0.3, -0.25) is 59.6 Å². The van der Waals surface area contributed by atoms with Gasteiger partial charge in [0.15, 0.2) is 71.7 Å². The number of imidazole rings is 3. The predicted octanol–water partition coefficient (Wildman–Crippen LogP) is -0.166. The van der Waals surface area contributed by atoms with E-state index in [1.54, 1.807) is 18.4 Å². The zero-order valence-corrected chi connectivity index (χ0v) is 86.3. The van der Waals surface area contributed by atoms with Crippen molar-refractivity contribution in [2.45, 2.75) is 189 Å². The largest absolute Gasteiger partial charge is 0.472 e. The van der Waals surface area contributed by atoms with E-state index in [0.29, 0.717) is 16.7 Å². The summed E-state index contributed by atoms with van der Waals surface area (Å²) >= 11 is 17.4. The number of carbonyl (C=O) groups is 1. The number of aliphatic hydroxyl groups excluding tert-OH is 1. The topological polar surface area (TPSA) is 743 Å². The Labute approximate surface area is 839 Å². The quantitative estimate of drug-likeness (QED) is 0.0174. The Morgan fingerprint density at radius 2 is 0.862 bits per heavy atom. The number of carbonyl (C=O) groups excluding carboxylic acids is 1. The van der Waals surface area contributed by atoms with E-state index < -0.39 is 226 Å². The van der Waals surface area contributed by atoms with E-state index in [-0.39, 0.29) is 153 Å². The van der Waals surface area contributed by atoms with Crippen molar-refractivity contribution in [3.8, 4) is 0 Å². The molecule has 59 nitrogen and oxygen atoms in total. The summed E-state index contributed by atoms with van der Waals surface area (Å²) in [6, 6.07) is 0. The van der Waals surface area contributed by atoms with Gasteiger partial charge in [0.1, 0.15) is 139 Å². The number of aromatic nitrogens is 16. The number of aryl methyl sites for hydroxylation is 3. The molecule has 7 aliphatic rings. The van der Waals surface area contributed by atoms with Crippen molar-refractivity contribution in [2.75, 3.05) is 157 Å². The highest BCUT2D eigenvalue weighted by molar-refractivity contribution is 8.09. The Balaban J connectivity index is 0.722. The average molecular weight is 2200 g/mol. The monoisotopic (exact) mass is 2200 g/mol. The molecular formula is C78H113N22O37P5S3. The summed E-state index contributed by atoms with van der Waals surface area (Å²) < 4.78 is 190. The van der Waals surface area contributed by atoms with Gasteiger partial charge in [-0.05, 0) is 76.5 Å². The molecule has 0 spiro atoms. The van der Waals surface area contributed by atoms with E-state index in [0.717, 1.165) is 21.8 Å². The lowest BCUT2D eigenvalue weighted by molar-refractivity contribution is -0.121. The number of phosphoric ester groups is 2. The highest BCUT2D eigenvalue weighted by atomic mass is 32.5. The number of aromatic amines is 1. The average Bonchev–Trinajstić information content (AvgIpc) is 1.61. The van der Waals surface area contributed by atoms with Gasteiger partial charge in [-0.25, -0.2) is 58.6 Å². The van der Waals surface area contributed by atoms with Crippen molar-refractivity contribution in [1.82, 2.24) is 87.9 Å². The van der Waals surface area contributed by atoms with Gasteiger partial charge in [-0.15, -0.1) is 0 Å². The summed E-state index contributed by atoms with van der Waals surface area (Å²) in [4.78, 5) is 163. The third kappa shape index (κ3) is 26.0. The van der Waals surface area contributed by atoms with Crippen LogP contribution in [0.3, 0.4) is 0 Å². The van der Waals surface area contributed by atoms with Gasteiger partial charge >= 0.3 is 40.5 Å². The molecule has 0 saturated carbocycles. The lowest BCUT2D eigenvalue weighted by atomic mass is 10.1. The molecule has 16 N–H and O–H groups in total. The number of hydrogen-bond donors (Lipinski definition) is 12. The maximum absolute atomic E-state index is 15.5. The summed E-state index contributed by atoms with van der Waals surface area (Å²) in [5.41, 5.74) is 23.2. The molecule has 28 atom stereocenters. The Kier molecular flexibility index (Phi) is 36.8. The van der Waals surface area contributed by atoms with Crippen LogP contribution in [-0.2, 0) is 166 Å². The third-order valence-electron chi connectivity index (χ3n) is 24.0. The minimum Gasteiger partial charge on any atom is -0.387 e. The first-order valence-electron chi connectivity index (χ1n) is 44.8. The van der Waals surface area contributed by atoms with Crippen LogP contribution in [-0.4, -0.2) is 362 Å². The van der Waals surface area contributed by atoms with Crippen molar-refractivity contribution in [3.05, 3.63) is 116 Å². The Morgan fingerprint density at radius 1 is 0.462 bits per heavy atom. The molecule has 15 rings (SSSR count). The van der Waals surface area contributed by atoms with Crippen LogP contribution in [0.5, 0.6) is 0 Å². The number of hydrogen-bond acceptors (Lipinski definition) is 50. The zero-order chi connectivity index (χ0) is 104. The molecule has 6 saturated heterocycles. The number of amides is 1. The normalized spacial score (nSPS) is 29.8. The van der Waals surface area contributed by atoms with Gasteiger partial charge in [0.25, 0.3) is 11.5 Å². The molecule has 0 aromatic carbocycles. The van der Waals surface area contributed by atoms with Gasteiger partial charge in [0.05, 0.1) is 130 Å². The molecule has 8 aromatic rings. The van der Waals surface area contributed by atoms with Gasteiger partial charge in [0, 0.05) is 83.4 Å². The molecule has 0 aliphatic carbocycles. The standard InChI is InChI=1S/C78H113N22O37P5S3/c1-37-25-96(77(104)93-63(37)79)73-59(119-19-14-114-8)54(43(128-73)12-23-138(106,143)133-44-24-49(127-40(44)4)98-34-87-50-65(81)83-32-85-67(50)98)134-139(107,108)123-30-47-57(62(122-22-17-117-11)75(131-47)99-35-88-51-66(82)84-33-86-68(51)99)137-142(112,145)126-31-48-55(60(120-20-15-115-9)76(132-48)100-36-89-52-69(100)90-41(5)91-71(52)103)135-140(109,110)124-29-46-56(61(121-21-16-116-10)74(130-46)97-26-38(2)64(80)94-78(97)105)136-141(111,144)125-28-45-53(101)58(118-18-13-113-7)72(129-45)95-27-39(3)70(102)92-42(95)6/h25-27,32-36,40,43-49,53-62,72-76,101H,6,12-24,28-31H2,1-5,7-11H3,(H,92,102)(H,106,143)(H,107,108)(H,109,110)(H,111,144)(H,112,145)(H2,79,93,104)(H2,80,94,105)(H2,81,83,85)(H2,82,84,86)(H,90,91,103)/t40-,43-,44?,45-,46-,47-,48-,49-,53?,54?,55?,56?,57?,58+,59+,60+,61+,62+,72-,73-,74-,75-,76-,138?,141?,142?/m1/s1. The second-order valence-electron chi connectivity index (χ2n) is 33.9. The fourth-order valence-corrected chi connectivity index (χ4v) is 23.8. The Hall–Kier alpha value is -7.67. The lowest BCUT2D eigenvalue weighted by Gasteiger charge is -2.35. The van der Waals surface area contributed by atoms with E-state index in [9.17, 15) is 48.8 Å². The number of nitrogens with zero attached hydrogens (tertiary/aromatic N) is 16. The van der Waals surface area contributed by atoms with Crippen LogP contribution >= 0.6 is 35.6 Å². The molecule has 8 aromatic heterocycles. The van der Waals surface area contributed by atoms with Crippen LogP contribution in [0.2, 0.25) is 0 Å². The highest BCUT2D eigenvalue weighted by Gasteiger charge is 2.59. The fourth-order valence-electron chi connectivity index (χ4n) is 17.0. The molecule has 7 aliphatic heterocycles. The molecule has 15 heterocycles. The molecule has 0 bridgehead atoms. The van der Waals surface area contributed by atoms with E-state index >= 15 is 9.13 Å². The van der Waals surface area contributed by atoms with Crippen molar-refractivity contribution < 1.29 is 160 Å². The molecular weight excluding hydrogens is 2090 g/mol. The smallest absolute Gasteiger partial charge is 0.387 e. The van der Waals surface area contributed by atoms with Gasteiger partial charge in [-0.1, -0.05) is 6.58 Å². The van der Waals surface area contributed by atoms with E-state index in [2.05, 4.69) is 66.7 Å². The third-order valence-corrected chi connectivity index (χ3v) is 31.3. The van der Waals surface area contributed by atoms with Crippen LogP contribution in [0, 0.1) is 20.8 Å². The number of nitrogens with two attached hydrogens (primary N) is 4. The first-order chi connectivity index (χ1) is 69.0. The molecule has 800 valence electrons. The van der Waals surface area contributed by atoms with Crippen LogP contribution in [0.1, 0.15) is 74.8 Å². The van der Waals surface area contributed by atoms with Gasteiger partial charge in [-0.2, -0.15) is 9.97 Å². The van der Waals surface area contributed by atoms with Crippen LogP contribution in [0.4, 0.5) is 23.3 Å². The Bertz CT molecular complexity index is 6400. The minimum absolute atomic E-state index is 0.0320. The van der Waals surface area contributed by atoms with E-state index in [4.69, 9.17) is 175 Å². The summed E-state index contributed by atoms with van der Waals surface area (Å²) in [7, 11) is -4.65. The first-order valence-corrected chi connectivity index (χ1v) is 55.8. The number of ether oxygens (including phenoxy) is 16. The van der Waals surface area contributed by atoms with Crippen LogP contribution in [0.25, 0.3) is 33.5 Å². The predicted molar refractivity (Wildman–Crippen MR) is 510 cm³/mol. The lowest BCUT2D eigenvalue weighted by Crippen LogP contribution is -2.48. The van der Waals surface area contributed by atoms with Crippen molar-refractivity contribution >= 4 is 134 Å². The maximum atomic E-state index is 15.5. The summed E-state index contributed by atoms with van der Waals surface area (Å²) in [5.74, 6) is -0.565. The van der Waals surface area contributed by atoms with Gasteiger partial charge < -0.3 is 157 Å². The summed E-state index contributed by atoms with van der Waals surface area (Å²) in [6.45, 7) is -7.68. The fraction of sp³-hybridized carbons (Fsp3) is 0.641. The number of nitrogen functional groups attached to an aromatic ring is 4. The number of fused-ring (bicyclic) bond motifs is 3. The number of rotatable bonds is 51. The number of phosphoric acid groups is 2. The first kappa shape index (κ1) is 111. The highest BCUT2D eigenvalue weighted by Crippen LogP contribution is 2.58. The van der Waals surface area contributed by atoms with Crippen molar-refractivity contribution in [2.24, 2.45) is 0 Å². The molecule has 0 radical (unpaired) electrons. The number of nitrogens with one attached hydrogen (secondary N) is 2. The number of H-pyrrole nitrogens is 1. The number of anilines is 4.